The number of aryl methyl sites for hydroxylation is 2. The molecule has 0 bridgehead atoms. The van der Waals surface area contributed by atoms with E-state index in [2.05, 4.69) is 5.10 Å². The molecule has 21 heavy (non-hydrogen) atoms. The number of hydrogen-bond donors (Lipinski definition) is 0. The average Bonchev–Trinajstić information content (AvgIpc) is 2.80. The molecular formula is C16H21N3O2. The highest BCUT2D eigenvalue weighted by Crippen LogP contribution is 2.22. The van der Waals surface area contributed by atoms with Gasteiger partial charge in [-0.15, -0.1) is 0 Å². The highest BCUT2D eigenvalue weighted by molar-refractivity contribution is 6.06. The molecule has 112 valence electrons. The van der Waals surface area contributed by atoms with E-state index in [0.29, 0.717) is 18.7 Å². The van der Waals surface area contributed by atoms with Crippen LogP contribution in [-0.4, -0.2) is 28.8 Å². The van der Waals surface area contributed by atoms with Crippen LogP contribution < -0.4 is 9.64 Å². The summed E-state index contributed by atoms with van der Waals surface area (Å²) in [7, 11) is 1.82. The molecule has 5 heteroatoms. The van der Waals surface area contributed by atoms with Crippen molar-refractivity contribution < 1.29 is 9.53 Å². The highest BCUT2D eigenvalue weighted by atomic mass is 16.5. The molecular weight excluding hydrogens is 266 g/mol. The maximum absolute atomic E-state index is 12.7. The zero-order chi connectivity index (χ0) is 15.4. The molecule has 2 aromatic rings. The van der Waals surface area contributed by atoms with Crippen molar-refractivity contribution in [1.29, 1.82) is 0 Å². The maximum Gasteiger partial charge on any atom is 0.261 e. The summed E-state index contributed by atoms with van der Waals surface area (Å²) in [4.78, 5) is 14.4. The minimum Gasteiger partial charge on any atom is -0.494 e. The van der Waals surface area contributed by atoms with Gasteiger partial charge in [0.1, 0.15) is 5.75 Å². The molecule has 0 spiro atoms. The Hall–Kier alpha value is -2.30. The molecule has 0 radical (unpaired) electrons. The number of aromatic nitrogens is 2. The number of benzene rings is 1. The number of amides is 1. The van der Waals surface area contributed by atoms with E-state index in [1.807, 2.05) is 52.1 Å². The number of carbonyl (C=O) groups excluding carboxylic acids is 1. The standard InChI is InChI=1S/C16H21N3O2/c1-5-19(13-7-9-14(10-8-13)21-6-2)16(20)15-11-18(4)17-12(15)3/h7-11H,5-6H2,1-4H3. The lowest BCUT2D eigenvalue weighted by atomic mass is 10.2. The lowest BCUT2D eigenvalue weighted by molar-refractivity contribution is 0.0987. The van der Waals surface area contributed by atoms with Gasteiger partial charge >= 0.3 is 0 Å². The van der Waals surface area contributed by atoms with Crippen molar-refractivity contribution in [2.75, 3.05) is 18.1 Å². The minimum atomic E-state index is -0.0349. The second-order valence-corrected chi connectivity index (χ2v) is 4.78. The molecule has 5 nitrogen and oxygen atoms in total. The third kappa shape index (κ3) is 3.24. The number of nitrogens with zero attached hydrogens (tertiary/aromatic N) is 3. The third-order valence-electron chi connectivity index (χ3n) is 3.26. The Bertz CT molecular complexity index is 617. The van der Waals surface area contributed by atoms with Crippen molar-refractivity contribution in [1.82, 2.24) is 9.78 Å². The van der Waals surface area contributed by atoms with Crippen molar-refractivity contribution in [3.8, 4) is 5.75 Å². The van der Waals surface area contributed by atoms with E-state index in [4.69, 9.17) is 4.74 Å². The predicted octanol–water partition coefficient (Wildman–Crippen LogP) is 2.79. The molecule has 1 amide bonds. The molecule has 0 aliphatic rings. The Morgan fingerprint density at radius 2 is 1.95 bits per heavy atom. The first-order valence-electron chi connectivity index (χ1n) is 7.11. The van der Waals surface area contributed by atoms with Gasteiger partial charge < -0.3 is 9.64 Å². The number of carbonyl (C=O) groups is 1. The molecule has 2 rings (SSSR count). The van der Waals surface area contributed by atoms with Crippen LogP contribution in [0.4, 0.5) is 5.69 Å². The molecule has 0 saturated heterocycles. The summed E-state index contributed by atoms with van der Waals surface area (Å²) in [6.45, 7) is 6.98. The van der Waals surface area contributed by atoms with Gasteiger partial charge in [-0.05, 0) is 45.0 Å². The molecule has 1 aromatic heterocycles. The molecule has 0 atom stereocenters. The van der Waals surface area contributed by atoms with E-state index in [1.54, 1.807) is 15.8 Å². The van der Waals surface area contributed by atoms with Crippen LogP contribution in [0.3, 0.4) is 0 Å². The SMILES string of the molecule is CCOc1ccc(N(CC)C(=O)c2cn(C)nc2C)cc1. The second kappa shape index (κ2) is 6.43. The van der Waals surface area contributed by atoms with Crippen LogP contribution in [0.15, 0.2) is 30.5 Å². The van der Waals surface area contributed by atoms with Gasteiger partial charge in [0.05, 0.1) is 17.9 Å². The first-order chi connectivity index (χ1) is 10.1. The number of hydrogen-bond acceptors (Lipinski definition) is 3. The van der Waals surface area contributed by atoms with Gasteiger partial charge in [0, 0.05) is 25.5 Å². The summed E-state index contributed by atoms with van der Waals surface area (Å²) in [5, 5.41) is 4.23. The second-order valence-electron chi connectivity index (χ2n) is 4.78. The van der Waals surface area contributed by atoms with Gasteiger partial charge in [0.25, 0.3) is 5.91 Å². The maximum atomic E-state index is 12.7. The van der Waals surface area contributed by atoms with Gasteiger partial charge in [-0.1, -0.05) is 0 Å². The fourth-order valence-corrected chi connectivity index (χ4v) is 2.29. The Labute approximate surface area is 125 Å². The number of ether oxygens (including phenoxy) is 1. The number of rotatable bonds is 5. The average molecular weight is 287 g/mol. The zero-order valence-corrected chi connectivity index (χ0v) is 13.0. The van der Waals surface area contributed by atoms with Crippen LogP contribution in [0, 0.1) is 6.92 Å². The van der Waals surface area contributed by atoms with Crippen molar-refractivity contribution in [2.45, 2.75) is 20.8 Å². The normalized spacial score (nSPS) is 10.5. The summed E-state index contributed by atoms with van der Waals surface area (Å²) >= 11 is 0. The predicted molar refractivity (Wildman–Crippen MR) is 82.9 cm³/mol. The molecule has 0 unspecified atom stereocenters. The van der Waals surface area contributed by atoms with E-state index in [0.717, 1.165) is 17.1 Å². The first kappa shape index (κ1) is 15.1. The highest BCUT2D eigenvalue weighted by Gasteiger charge is 2.20. The first-order valence-corrected chi connectivity index (χ1v) is 7.11. The fourth-order valence-electron chi connectivity index (χ4n) is 2.29. The van der Waals surface area contributed by atoms with E-state index in [-0.39, 0.29) is 5.91 Å². The van der Waals surface area contributed by atoms with Gasteiger partial charge in [-0.2, -0.15) is 5.10 Å². The summed E-state index contributed by atoms with van der Waals surface area (Å²) in [6, 6.07) is 7.56. The minimum absolute atomic E-state index is 0.0349. The quantitative estimate of drug-likeness (QED) is 0.849. The number of anilines is 1. The molecule has 0 N–H and O–H groups in total. The Balaban J connectivity index is 2.26. The molecule has 0 fully saturated rings. The Morgan fingerprint density at radius 1 is 1.29 bits per heavy atom. The van der Waals surface area contributed by atoms with Crippen LogP contribution in [0.25, 0.3) is 0 Å². The van der Waals surface area contributed by atoms with Gasteiger partial charge in [0.2, 0.25) is 0 Å². The summed E-state index contributed by atoms with van der Waals surface area (Å²) in [5.41, 5.74) is 2.23. The van der Waals surface area contributed by atoms with Crippen molar-refractivity contribution >= 4 is 11.6 Å². The molecule has 0 aliphatic carbocycles. The van der Waals surface area contributed by atoms with Gasteiger partial charge in [-0.25, -0.2) is 0 Å². The smallest absolute Gasteiger partial charge is 0.261 e. The van der Waals surface area contributed by atoms with E-state index >= 15 is 0 Å². The Morgan fingerprint density at radius 3 is 2.43 bits per heavy atom. The molecule has 1 aromatic carbocycles. The summed E-state index contributed by atoms with van der Waals surface area (Å²) in [6.07, 6.45) is 1.76. The van der Waals surface area contributed by atoms with E-state index < -0.39 is 0 Å². The topological polar surface area (TPSA) is 47.4 Å². The van der Waals surface area contributed by atoms with Crippen LogP contribution in [-0.2, 0) is 7.05 Å². The van der Waals surface area contributed by atoms with Gasteiger partial charge in [-0.3, -0.25) is 9.48 Å². The molecule has 0 saturated carbocycles. The van der Waals surface area contributed by atoms with Crippen molar-refractivity contribution in [3.05, 3.63) is 41.7 Å². The van der Waals surface area contributed by atoms with Crippen LogP contribution in [0.2, 0.25) is 0 Å². The monoisotopic (exact) mass is 287 g/mol. The van der Waals surface area contributed by atoms with E-state index in [9.17, 15) is 4.79 Å². The molecule has 1 heterocycles. The van der Waals surface area contributed by atoms with Crippen LogP contribution in [0.1, 0.15) is 29.9 Å². The summed E-state index contributed by atoms with van der Waals surface area (Å²) in [5.74, 6) is 0.773. The molecule has 0 aliphatic heterocycles. The zero-order valence-electron chi connectivity index (χ0n) is 13.0. The largest absolute Gasteiger partial charge is 0.494 e. The lowest BCUT2D eigenvalue weighted by Crippen LogP contribution is -2.30. The van der Waals surface area contributed by atoms with Crippen LogP contribution >= 0.6 is 0 Å². The summed E-state index contributed by atoms with van der Waals surface area (Å²) < 4.78 is 7.09. The van der Waals surface area contributed by atoms with E-state index in [1.165, 1.54) is 0 Å². The van der Waals surface area contributed by atoms with Crippen LogP contribution in [0.5, 0.6) is 5.75 Å². The lowest BCUT2D eigenvalue weighted by Gasteiger charge is -2.21. The van der Waals surface area contributed by atoms with Crippen molar-refractivity contribution in [3.63, 3.8) is 0 Å². The third-order valence-corrected chi connectivity index (χ3v) is 3.26. The van der Waals surface area contributed by atoms with Gasteiger partial charge in [0.15, 0.2) is 0 Å². The fraction of sp³-hybridized carbons (Fsp3) is 0.375. The van der Waals surface area contributed by atoms with Crippen molar-refractivity contribution in [2.24, 2.45) is 7.05 Å². The Kier molecular flexibility index (Phi) is 4.62.